The predicted octanol–water partition coefficient (Wildman–Crippen LogP) is 2.67. The molecule has 156 valence electrons. The van der Waals surface area contributed by atoms with E-state index in [1.807, 2.05) is 27.7 Å². The number of guanidine groups is 1. The first-order valence-corrected chi connectivity index (χ1v) is 8.20. The highest BCUT2D eigenvalue weighted by molar-refractivity contribution is 14.0. The SMILES string of the molecule is CCNC(=NCC(=O)N(C)CC(F)(F)F)NCc1ncc(C(C)(C)C)o1.I. The number of halogens is 4. The zero-order valence-electron chi connectivity index (χ0n) is 16.1. The lowest BCUT2D eigenvalue weighted by Gasteiger charge is -2.18. The Balaban J connectivity index is 0.00000676. The van der Waals surface area contributed by atoms with Crippen molar-refractivity contribution in [2.75, 3.05) is 26.7 Å². The van der Waals surface area contributed by atoms with Crippen molar-refractivity contribution >= 4 is 35.8 Å². The number of aliphatic imine (C=N–C) groups is 1. The van der Waals surface area contributed by atoms with E-state index >= 15 is 0 Å². The van der Waals surface area contributed by atoms with Gasteiger partial charge in [0.25, 0.3) is 0 Å². The van der Waals surface area contributed by atoms with Crippen LogP contribution in [0.2, 0.25) is 0 Å². The smallest absolute Gasteiger partial charge is 0.406 e. The minimum atomic E-state index is -4.44. The third-order valence-corrected chi connectivity index (χ3v) is 3.26. The quantitative estimate of drug-likeness (QED) is 0.353. The molecule has 0 fully saturated rings. The van der Waals surface area contributed by atoms with Gasteiger partial charge in [-0.25, -0.2) is 9.98 Å². The molecule has 0 saturated carbocycles. The number of hydrogen-bond donors (Lipinski definition) is 2. The van der Waals surface area contributed by atoms with Gasteiger partial charge >= 0.3 is 6.18 Å². The van der Waals surface area contributed by atoms with Gasteiger partial charge in [-0.2, -0.15) is 13.2 Å². The van der Waals surface area contributed by atoms with Crippen molar-refractivity contribution in [2.45, 2.75) is 45.8 Å². The van der Waals surface area contributed by atoms with Gasteiger partial charge < -0.3 is 20.0 Å². The number of nitrogens with zero attached hydrogens (tertiary/aromatic N) is 3. The van der Waals surface area contributed by atoms with Crippen LogP contribution in [0, 0.1) is 0 Å². The maximum atomic E-state index is 12.3. The maximum absolute atomic E-state index is 12.3. The van der Waals surface area contributed by atoms with Crippen LogP contribution >= 0.6 is 24.0 Å². The lowest BCUT2D eigenvalue weighted by molar-refractivity contribution is -0.157. The fourth-order valence-corrected chi connectivity index (χ4v) is 1.86. The minimum absolute atomic E-state index is 0. The van der Waals surface area contributed by atoms with Crippen LogP contribution in [-0.4, -0.2) is 54.6 Å². The number of nitrogens with one attached hydrogen (secondary N) is 2. The molecule has 7 nitrogen and oxygen atoms in total. The van der Waals surface area contributed by atoms with Crippen LogP contribution in [0.3, 0.4) is 0 Å². The average molecular weight is 505 g/mol. The Morgan fingerprint density at radius 3 is 2.41 bits per heavy atom. The molecule has 1 amide bonds. The monoisotopic (exact) mass is 505 g/mol. The standard InChI is InChI=1S/C16H26F3N5O2.HI/c1-6-20-14(23-9-13(25)24(5)10-16(17,18)19)22-8-12-21-7-11(26-12)15(2,3)4;/h7H,6,8-10H2,1-5H3,(H2,20,22,23);1H. The van der Waals surface area contributed by atoms with Gasteiger partial charge in [0.2, 0.25) is 11.8 Å². The molecule has 1 heterocycles. The van der Waals surface area contributed by atoms with Gasteiger partial charge in [0, 0.05) is 19.0 Å². The van der Waals surface area contributed by atoms with Gasteiger partial charge in [-0.3, -0.25) is 4.79 Å². The molecule has 0 bridgehead atoms. The highest BCUT2D eigenvalue weighted by Gasteiger charge is 2.31. The van der Waals surface area contributed by atoms with Gasteiger partial charge in [-0.1, -0.05) is 20.8 Å². The van der Waals surface area contributed by atoms with Crippen molar-refractivity contribution in [3.05, 3.63) is 17.8 Å². The fourth-order valence-electron chi connectivity index (χ4n) is 1.86. The van der Waals surface area contributed by atoms with Gasteiger partial charge in [0.1, 0.15) is 18.8 Å². The third kappa shape index (κ3) is 9.82. The van der Waals surface area contributed by atoms with Crippen LogP contribution in [0.15, 0.2) is 15.6 Å². The van der Waals surface area contributed by atoms with Gasteiger partial charge in [0.05, 0.1) is 12.7 Å². The Bertz CT molecular complexity index is 626. The van der Waals surface area contributed by atoms with Gasteiger partial charge in [0.15, 0.2) is 5.96 Å². The largest absolute Gasteiger partial charge is 0.443 e. The molecule has 1 aromatic rings. The molecule has 27 heavy (non-hydrogen) atoms. The average Bonchev–Trinajstić information content (AvgIpc) is 2.97. The molecule has 2 N–H and O–H groups in total. The number of oxazole rings is 1. The fraction of sp³-hybridized carbons (Fsp3) is 0.688. The summed E-state index contributed by atoms with van der Waals surface area (Å²) < 4.78 is 42.6. The van der Waals surface area contributed by atoms with Crippen molar-refractivity contribution in [2.24, 2.45) is 4.99 Å². The van der Waals surface area contributed by atoms with Crippen molar-refractivity contribution < 1.29 is 22.4 Å². The molecule has 0 aliphatic heterocycles. The molecular weight excluding hydrogens is 478 g/mol. The van der Waals surface area contributed by atoms with Crippen LogP contribution < -0.4 is 10.6 Å². The number of carbonyl (C=O) groups excluding carboxylic acids is 1. The number of rotatable bonds is 6. The normalized spacial score (nSPS) is 12.4. The molecule has 0 spiro atoms. The summed E-state index contributed by atoms with van der Waals surface area (Å²) in [7, 11) is 1.09. The first-order chi connectivity index (χ1) is 11.9. The molecule has 0 aliphatic carbocycles. The summed E-state index contributed by atoms with van der Waals surface area (Å²) in [6, 6.07) is 0. The molecule has 0 unspecified atom stereocenters. The van der Waals surface area contributed by atoms with Crippen LogP contribution in [0.1, 0.15) is 39.3 Å². The zero-order chi connectivity index (χ0) is 20.0. The summed E-state index contributed by atoms with van der Waals surface area (Å²) in [5.74, 6) is 0.740. The first-order valence-electron chi connectivity index (χ1n) is 8.20. The van der Waals surface area contributed by atoms with E-state index < -0.39 is 25.2 Å². The van der Waals surface area contributed by atoms with E-state index in [4.69, 9.17) is 4.42 Å². The van der Waals surface area contributed by atoms with Crippen molar-refractivity contribution in [3.8, 4) is 0 Å². The van der Waals surface area contributed by atoms with Crippen molar-refractivity contribution in [3.63, 3.8) is 0 Å². The van der Waals surface area contributed by atoms with Crippen LogP contribution in [0.25, 0.3) is 0 Å². The summed E-state index contributed by atoms with van der Waals surface area (Å²) in [6.45, 7) is 6.87. The summed E-state index contributed by atoms with van der Waals surface area (Å²) in [5, 5.41) is 5.84. The predicted molar refractivity (Wildman–Crippen MR) is 107 cm³/mol. The lowest BCUT2D eigenvalue weighted by atomic mass is 9.94. The Kier molecular flexibility index (Phi) is 10.1. The number of amides is 1. The van der Waals surface area contributed by atoms with E-state index in [9.17, 15) is 18.0 Å². The van der Waals surface area contributed by atoms with E-state index in [0.717, 1.165) is 12.8 Å². The number of aromatic nitrogens is 1. The van der Waals surface area contributed by atoms with E-state index in [1.54, 1.807) is 6.20 Å². The van der Waals surface area contributed by atoms with E-state index in [-0.39, 0.29) is 41.9 Å². The van der Waals surface area contributed by atoms with Crippen LogP contribution in [-0.2, 0) is 16.8 Å². The number of likely N-dealkylation sites (N-methyl/N-ethyl adjacent to an activating group) is 1. The lowest BCUT2D eigenvalue weighted by Crippen LogP contribution is -2.40. The molecule has 0 saturated heterocycles. The van der Waals surface area contributed by atoms with Crippen LogP contribution in [0.5, 0.6) is 0 Å². The van der Waals surface area contributed by atoms with Gasteiger partial charge in [-0.05, 0) is 6.92 Å². The summed E-state index contributed by atoms with van der Waals surface area (Å²) >= 11 is 0. The first kappa shape index (κ1) is 25.5. The second kappa shape index (κ2) is 10.7. The Morgan fingerprint density at radius 1 is 1.30 bits per heavy atom. The molecule has 0 radical (unpaired) electrons. The van der Waals surface area contributed by atoms with Crippen molar-refractivity contribution in [1.29, 1.82) is 0 Å². The maximum Gasteiger partial charge on any atom is 0.406 e. The topological polar surface area (TPSA) is 82.8 Å². The van der Waals surface area contributed by atoms with E-state index in [1.165, 1.54) is 0 Å². The molecule has 11 heteroatoms. The second-order valence-corrected chi connectivity index (χ2v) is 6.78. The molecule has 1 aromatic heterocycles. The minimum Gasteiger partial charge on any atom is -0.443 e. The molecule has 1 rings (SSSR count). The summed E-state index contributed by atoms with van der Waals surface area (Å²) in [6.07, 6.45) is -2.79. The molecular formula is C16H27F3IN5O2. The Hall–Kier alpha value is -1.53. The van der Waals surface area contributed by atoms with E-state index in [0.29, 0.717) is 17.3 Å². The molecule has 0 atom stereocenters. The highest BCUT2D eigenvalue weighted by Crippen LogP contribution is 2.22. The number of carbonyl (C=O) groups is 1. The Morgan fingerprint density at radius 2 is 1.93 bits per heavy atom. The van der Waals surface area contributed by atoms with E-state index in [2.05, 4.69) is 20.6 Å². The zero-order valence-corrected chi connectivity index (χ0v) is 18.4. The molecule has 0 aliphatic rings. The van der Waals surface area contributed by atoms with Crippen LogP contribution in [0.4, 0.5) is 13.2 Å². The number of alkyl halides is 3. The summed E-state index contributed by atoms with van der Waals surface area (Å²) in [5.41, 5.74) is -0.167. The Labute approximate surface area is 174 Å². The number of hydrogen-bond acceptors (Lipinski definition) is 4. The van der Waals surface area contributed by atoms with Crippen molar-refractivity contribution in [1.82, 2.24) is 20.5 Å². The third-order valence-electron chi connectivity index (χ3n) is 3.26. The summed E-state index contributed by atoms with van der Waals surface area (Å²) in [4.78, 5) is 20.5. The van der Waals surface area contributed by atoms with Gasteiger partial charge in [-0.15, -0.1) is 24.0 Å². The second-order valence-electron chi connectivity index (χ2n) is 6.78. The highest BCUT2D eigenvalue weighted by atomic mass is 127. The molecule has 0 aromatic carbocycles.